The van der Waals surface area contributed by atoms with Gasteiger partial charge in [0.1, 0.15) is 24.2 Å². The van der Waals surface area contributed by atoms with E-state index in [2.05, 4.69) is 20.1 Å². The molecule has 0 spiro atoms. The number of benzene rings is 1. The van der Waals surface area contributed by atoms with Gasteiger partial charge in [0.15, 0.2) is 0 Å². The minimum atomic E-state index is -2.90. The number of hydrogen-bond acceptors (Lipinski definition) is 6. The highest BCUT2D eigenvalue weighted by molar-refractivity contribution is 5.92. The molecule has 1 N–H and O–H groups in total. The molecule has 1 aromatic carbocycles. The maximum absolute atomic E-state index is 13.1. The third kappa shape index (κ3) is 4.08. The molecule has 1 fully saturated rings. The van der Waals surface area contributed by atoms with E-state index >= 15 is 0 Å². The molecule has 29 heavy (non-hydrogen) atoms. The standard InChI is InChI=1S/C20H22F2N4O3/c1-12-16(18(27)28-14-5-3-2-4-6-14)17(26-20(25-12)23-11-24-26)13-7-9-15(10-8-13)29-19(21)22/h7-11,14,17,19H,2-6H2,1H3,(H,23,24,25)/t17-/m1/s1. The number of nitrogens with zero attached hydrogens (tertiary/aromatic N) is 3. The molecule has 1 aliphatic heterocycles. The number of hydrogen-bond donors (Lipinski definition) is 1. The zero-order chi connectivity index (χ0) is 20.4. The van der Waals surface area contributed by atoms with Gasteiger partial charge in [0.25, 0.3) is 0 Å². The van der Waals surface area contributed by atoms with Crippen LogP contribution in [0.2, 0.25) is 0 Å². The second-order valence-electron chi connectivity index (χ2n) is 7.21. The average molecular weight is 404 g/mol. The van der Waals surface area contributed by atoms with E-state index in [9.17, 15) is 13.6 Å². The van der Waals surface area contributed by atoms with Gasteiger partial charge in [0.05, 0.1) is 5.57 Å². The summed E-state index contributed by atoms with van der Waals surface area (Å²) in [6, 6.07) is 5.59. The number of nitrogens with one attached hydrogen (secondary N) is 1. The molecule has 2 aromatic rings. The van der Waals surface area contributed by atoms with Crippen molar-refractivity contribution in [3.8, 4) is 5.75 Å². The fraction of sp³-hybridized carbons (Fsp3) is 0.450. The lowest BCUT2D eigenvalue weighted by Crippen LogP contribution is -2.32. The smallest absolute Gasteiger partial charge is 0.387 e. The first-order valence-corrected chi connectivity index (χ1v) is 9.66. The highest BCUT2D eigenvalue weighted by Gasteiger charge is 2.35. The molecule has 2 heterocycles. The first kappa shape index (κ1) is 19.4. The number of fused-ring (bicyclic) bond motifs is 1. The van der Waals surface area contributed by atoms with Crippen molar-refractivity contribution < 1.29 is 23.0 Å². The number of aromatic nitrogens is 3. The molecule has 154 valence electrons. The summed E-state index contributed by atoms with van der Waals surface area (Å²) in [7, 11) is 0. The Balaban J connectivity index is 1.65. The van der Waals surface area contributed by atoms with Crippen molar-refractivity contribution in [1.82, 2.24) is 14.8 Å². The largest absolute Gasteiger partial charge is 0.459 e. The van der Waals surface area contributed by atoms with E-state index in [1.54, 1.807) is 23.7 Å². The van der Waals surface area contributed by atoms with E-state index in [1.165, 1.54) is 18.5 Å². The van der Waals surface area contributed by atoms with Crippen molar-refractivity contribution in [2.24, 2.45) is 0 Å². The molecule has 0 saturated heterocycles. The summed E-state index contributed by atoms with van der Waals surface area (Å²) in [5, 5.41) is 7.34. The lowest BCUT2D eigenvalue weighted by atomic mass is 9.95. The van der Waals surface area contributed by atoms with E-state index in [0.29, 0.717) is 22.8 Å². The number of carbonyl (C=O) groups excluding carboxylic acids is 1. The number of esters is 1. The van der Waals surface area contributed by atoms with Crippen molar-refractivity contribution in [3.63, 3.8) is 0 Å². The quantitative estimate of drug-likeness (QED) is 0.758. The average Bonchev–Trinajstić information content (AvgIpc) is 3.16. The molecule has 4 rings (SSSR count). The molecule has 0 radical (unpaired) electrons. The first-order chi connectivity index (χ1) is 14.0. The molecular formula is C20H22F2N4O3. The monoisotopic (exact) mass is 404 g/mol. The molecule has 2 aliphatic rings. The van der Waals surface area contributed by atoms with Gasteiger partial charge in [-0.15, -0.1) is 0 Å². The Morgan fingerprint density at radius 1 is 1.21 bits per heavy atom. The number of rotatable bonds is 5. The minimum absolute atomic E-state index is 0.0449. The Bertz CT molecular complexity index is 905. The predicted molar refractivity (Wildman–Crippen MR) is 101 cm³/mol. The normalized spacial score (nSPS) is 19.7. The van der Waals surface area contributed by atoms with Gasteiger partial charge in [-0.05, 0) is 50.3 Å². The van der Waals surface area contributed by atoms with Gasteiger partial charge < -0.3 is 14.8 Å². The fourth-order valence-corrected chi connectivity index (χ4v) is 3.89. The molecule has 0 amide bonds. The number of alkyl halides is 2. The fourth-order valence-electron chi connectivity index (χ4n) is 3.89. The summed E-state index contributed by atoms with van der Waals surface area (Å²) in [5.41, 5.74) is 1.75. The Morgan fingerprint density at radius 2 is 1.93 bits per heavy atom. The molecular weight excluding hydrogens is 382 g/mol. The van der Waals surface area contributed by atoms with Crippen LogP contribution >= 0.6 is 0 Å². The van der Waals surface area contributed by atoms with Crippen molar-refractivity contribution in [2.75, 3.05) is 5.32 Å². The summed E-state index contributed by atoms with van der Waals surface area (Å²) >= 11 is 0. The van der Waals surface area contributed by atoms with Crippen LogP contribution in [0.1, 0.15) is 50.6 Å². The van der Waals surface area contributed by atoms with Gasteiger partial charge in [-0.2, -0.15) is 18.9 Å². The van der Waals surface area contributed by atoms with Crippen LogP contribution in [0.3, 0.4) is 0 Å². The summed E-state index contributed by atoms with van der Waals surface area (Å²) in [5.74, 6) is 0.138. The molecule has 9 heteroatoms. The minimum Gasteiger partial charge on any atom is -0.459 e. The Labute approximate surface area is 166 Å². The third-order valence-electron chi connectivity index (χ3n) is 5.26. The van der Waals surface area contributed by atoms with Crippen LogP contribution in [0.4, 0.5) is 14.7 Å². The molecule has 0 bridgehead atoms. The van der Waals surface area contributed by atoms with Gasteiger partial charge in [-0.25, -0.2) is 9.48 Å². The van der Waals surface area contributed by atoms with Crippen LogP contribution in [-0.2, 0) is 9.53 Å². The summed E-state index contributed by atoms with van der Waals surface area (Å²) in [6.07, 6.45) is 6.31. The molecule has 1 saturated carbocycles. The number of ether oxygens (including phenoxy) is 2. The summed E-state index contributed by atoms with van der Waals surface area (Å²) < 4.78 is 36.7. The van der Waals surface area contributed by atoms with Gasteiger partial charge in [-0.3, -0.25) is 0 Å². The van der Waals surface area contributed by atoms with Crippen molar-refractivity contribution >= 4 is 11.9 Å². The van der Waals surface area contributed by atoms with E-state index < -0.39 is 18.6 Å². The third-order valence-corrected chi connectivity index (χ3v) is 5.26. The molecule has 1 aromatic heterocycles. The molecule has 1 atom stereocenters. The van der Waals surface area contributed by atoms with Crippen LogP contribution in [0, 0.1) is 0 Å². The van der Waals surface area contributed by atoms with Crippen molar-refractivity contribution in [1.29, 1.82) is 0 Å². The summed E-state index contributed by atoms with van der Waals surface area (Å²) in [4.78, 5) is 17.3. The van der Waals surface area contributed by atoms with E-state index in [4.69, 9.17) is 4.74 Å². The van der Waals surface area contributed by atoms with Gasteiger partial charge in [-0.1, -0.05) is 18.6 Å². The van der Waals surface area contributed by atoms with Gasteiger partial charge >= 0.3 is 12.6 Å². The molecule has 0 unspecified atom stereocenters. The number of halogens is 2. The number of carbonyl (C=O) groups is 1. The van der Waals surface area contributed by atoms with Crippen LogP contribution in [0.25, 0.3) is 0 Å². The van der Waals surface area contributed by atoms with Crippen LogP contribution in [0.15, 0.2) is 41.9 Å². The van der Waals surface area contributed by atoms with Gasteiger partial charge in [0, 0.05) is 5.70 Å². The highest BCUT2D eigenvalue weighted by Crippen LogP contribution is 2.36. The lowest BCUT2D eigenvalue weighted by molar-refractivity contribution is -0.146. The van der Waals surface area contributed by atoms with Crippen molar-refractivity contribution in [3.05, 3.63) is 47.4 Å². The zero-order valence-electron chi connectivity index (χ0n) is 16.0. The topological polar surface area (TPSA) is 78.3 Å². The maximum atomic E-state index is 13.1. The van der Waals surface area contributed by atoms with Crippen LogP contribution in [0.5, 0.6) is 5.75 Å². The van der Waals surface area contributed by atoms with Crippen LogP contribution in [-0.4, -0.2) is 33.4 Å². The SMILES string of the molecule is CC1=C(C(=O)OC2CCCCC2)[C@@H](c2ccc(OC(F)F)cc2)n2ncnc2N1. The van der Waals surface area contributed by atoms with Crippen molar-refractivity contribution in [2.45, 2.75) is 57.8 Å². The van der Waals surface area contributed by atoms with E-state index in [0.717, 1.165) is 32.1 Å². The van der Waals surface area contributed by atoms with Crippen LogP contribution < -0.4 is 10.1 Å². The number of allylic oxidation sites excluding steroid dienone is 1. The molecule has 1 aliphatic carbocycles. The Kier molecular flexibility index (Phi) is 5.46. The Morgan fingerprint density at radius 3 is 2.62 bits per heavy atom. The second kappa shape index (κ2) is 8.18. The molecule has 7 nitrogen and oxygen atoms in total. The first-order valence-electron chi connectivity index (χ1n) is 9.66. The van der Waals surface area contributed by atoms with E-state index in [1.807, 2.05) is 0 Å². The second-order valence-corrected chi connectivity index (χ2v) is 7.21. The number of anilines is 1. The van der Waals surface area contributed by atoms with Gasteiger partial charge in [0.2, 0.25) is 5.95 Å². The zero-order valence-corrected chi connectivity index (χ0v) is 16.0. The Hall–Kier alpha value is -2.97. The predicted octanol–water partition coefficient (Wildman–Crippen LogP) is 4.04. The highest BCUT2D eigenvalue weighted by atomic mass is 19.3. The van der Waals surface area contributed by atoms with E-state index in [-0.39, 0.29) is 11.9 Å². The summed E-state index contributed by atoms with van der Waals surface area (Å²) in [6.45, 7) is -1.11. The maximum Gasteiger partial charge on any atom is 0.387 e. The lowest BCUT2D eigenvalue weighted by Gasteiger charge is -2.30.